The summed E-state index contributed by atoms with van der Waals surface area (Å²) in [6, 6.07) is 16.6. The normalized spacial score (nSPS) is 14.1. The van der Waals surface area contributed by atoms with Gasteiger partial charge in [-0.3, -0.25) is 4.79 Å². The molecule has 0 atom stereocenters. The third-order valence-corrected chi connectivity index (χ3v) is 8.78. The van der Waals surface area contributed by atoms with Crippen LogP contribution in [0.5, 0.6) is 0 Å². The van der Waals surface area contributed by atoms with Crippen LogP contribution in [0.25, 0.3) is 11.3 Å². The molecule has 1 aliphatic rings. The monoisotopic (exact) mass is 482 g/mol. The molecule has 0 radical (unpaired) electrons. The van der Waals surface area contributed by atoms with E-state index in [9.17, 15) is 13.2 Å². The lowest BCUT2D eigenvalue weighted by atomic mass is 10.0. The quantitative estimate of drug-likeness (QED) is 0.459. The van der Waals surface area contributed by atoms with Gasteiger partial charge in [0.15, 0.2) is 0 Å². The van der Waals surface area contributed by atoms with E-state index in [0.29, 0.717) is 25.2 Å². The Balaban J connectivity index is 1.35. The number of sulfonamides is 1. The van der Waals surface area contributed by atoms with Crippen molar-refractivity contribution >= 4 is 44.5 Å². The Morgan fingerprint density at radius 2 is 1.81 bits per heavy atom. The van der Waals surface area contributed by atoms with Gasteiger partial charge in [0.05, 0.1) is 0 Å². The minimum Gasteiger partial charge on any atom is -0.321 e. The first-order valence-electron chi connectivity index (χ1n) is 9.85. The molecule has 0 saturated heterocycles. The Bertz CT molecular complexity index is 1360. The molecule has 1 N–H and O–H groups in total. The molecular formula is C22H18N4O3S3. The lowest BCUT2D eigenvalue weighted by Crippen LogP contribution is -2.36. The van der Waals surface area contributed by atoms with Crippen molar-refractivity contribution in [1.29, 1.82) is 0 Å². The molecule has 7 nitrogen and oxygen atoms in total. The van der Waals surface area contributed by atoms with Crippen LogP contribution in [-0.2, 0) is 23.0 Å². The largest absolute Gasteiger partial charge is 0.321 e. The molecule has 162 valence electrons. The van der Waals surface area contributed by atoms with Gasteiger partial charge in [-0.2, -0.15) is 4.31 Å². The molecule has 0 unspecified atom stereocenters. The van der Waals surface area contributed by atoms with Crippen LogP contribution in [0.2, 0.25) is 0 Å². The predicted octanol–water partition coefficient (Wildman–Crippen LogP) is 4.27. The van der Waals surface area contributed by atoms with Crippen molar-refractivity contribution in [2.45, 2.75) is 17.9 Å². The van der Waals surface area contributed by atoms with Gasteiger partial charge in [-0.15, -0.1) is 16.4 Å². The first-order chi connectivity index (χ1) is 15.5. The second kappa shape index (κ2) is 8.55. The number of rotatable bonds is 5. The summed E-state index contributed by atoms with van der Waals surface area (Å²) < 4.78 is 32.0. The second-order valence-electron chi connectivity index (χ2n) is 7.29. The summed E-state index contributed by atoms with van der Waals surface area (Å²) in [6.07, 6.45) is 0.655. The maximum atomic E-state index is 13.4. The van der Waals surface area contributed by atoms with Crippen molar-refractivity contribution < 1.29 is 13.2 Å². The number of thiophene rings is 1. The highest BCUT2D eigenvalue weighted by atomic mass is 32.2. The highest BCUT2D eigenvalue weighted by molar-refractivity contribution is 7.89. The molecule has 5 rings (SSSR count). The molecule has 0 aliphatic carbocycles. The van der Waals surface area contributed by atoms with E-state index in [2.05, 4.69) is 14.9 Å². The van der Waals surface area contributed by atoms with Crippen LogP contribution >= 0.6 is 22.9 Å². The molecule has 0 bridgehead atoms. The summed E-state index contributed by atoms with van der Waals surface area (Å²) in [7, 11) is -3.80. The number of carbonyl (C=O) groups excluding carboxylic acids is 1. The van der Waals surface area contributed by atoms with Crippen LogP contribution in [0.4, 0.5) is 5.69 Å². The van der Waals surface area contributed by atoms with E-state index in [-0.39, 0.29) is 9.77 Å². The highest BCUT2D eigenvalue weighted by Gasteiger charge is 2.32. The Hall–Kier alpha value is -2.92. The van der Waals surface area contributed by atoms with Crippen LogP contribution < -0.4 is 5.32 Å². The van der Waals surface area contributed by atoms with Gasteiger partial charge in [0.2, 0.25) is 10.0 Å². The third-order valence-electron chi connectivity index (χ3n) is 5.35. The lowest BCUT2D eigenvalue weighted by Gasteiger charge is -2.28. The van der Waals surface area contributed by atoms with Gasteiger partial charge in [0.25, 0.3) is 5.91 Å². The van der Waals surface area contributed by atoms with Gasteiger partial charge in [0, 0.05) is 29.7 Å². The van der Waals surface area contributed by atoms with Crippen LogP contribution in [-0.4, -0.2) is 34.8 Å². The maximum absolute atomic E-state index is 13.4. The van der Waals surface area contributed by atoms with Crippen molar-refractivity contribution in [2.24, 2.45) is 0 Å². The molecular weight excluding hydrogens is 464 g/mol. The number of fused-ring (bicyclic) bond motifs is 1. The Morgan fingerprint density at radius 1 is 1.03 bits per heavy atom. The molecule has 1 aliphatic heterocycles. The van der Waals surface area contributed by atoms with Crippen LogP contribution in [0.1, 0.15) is 20.8 Å². The fraction of sp³-hybridized carbons (Fsp3) is 0.136. The molecule has 0 spiro atoms. The molecule has 2 aromatic heterocycles. The van der Waals surface area contributed by atoms with E-state index in [1.807, 2.05) is 41.8 Å². The van der Waals surface area contributed by atoms with Crippen molar-refractivity contribution in [3.8, 4) is 11.3 Å². The zero-order chi connectivity index (χ0) is 22.1. The molecule has 2 aromatic carbocycles. The Morgan fingerprint density at radius 3 is 2.56 bits per heavy atom. The first-order valence-corrected chi connectivity index (χ1v) is 13.0. The summed E-state index contributed by atoms with van der Waals surface area (Å²) in [5, 5.41) is 10.3. The van der Waals surface area contributed by atoms with Gasteiger partial charge in [-0.1, -0.05) is 40.9 Å². The predicted molar refractivity (Wildman–Crippen MR) is 125 cm³/mol. The van der Waals surface area contributed by atoms with Gasteiger partial charge >= 0.3 is 0 Å². The fourth-order valence-electron chi connectivity index (χ4n) is 3.68. The molecule has 10 heteroatoms. The number of amides is 1. The van der Waals surface area contributed by atoms with Gasteiger partial charge in [0.1, 0.15) is 15.5 Å². The lowest BCUT2D eigenvalue weighted by molar-refractivity contribution is 0.102. The highest BCUT2D eigenvalue weighted by Crippen LogP contribution is 2.30. The number of aromatic nitrogens is 2. The SMILES string of the molecule is O=C(Nc1ccc(-c2csnn2)cc1)c1sccc1S(=O)(=O)N1CCc2ccccc2C1. The number of nitrogens with one attached hydrogen (secondary N) is 1. The topological polar surface area (TPSA) is 92.3 Å². The summed E-state index contributed by atoms with van der Waals surface area (Å²) in [5.74, 6) is -0.445. The number of nitrogens with zero attached hydrogens (tertiary/aromatic N) is 3. The van der Waals surface area contributed by atoms with Gasteiger partial charge in [-0.05, 0) is 52.7 Å². The maximum Gasteiger partial charge on any atom is 0.267 e. The number of anilines is 1. The van der Waals surface area contributed by atoms with Crippen LogP contribution in [0, 0.1) is 0 Å². The number of hydrogen-bond acceptors (Lipinski definition) is 7. The fourth-order valence-corrected chi connectivity index (χ4v) is 6.86. The molecule has 0 saturated carbocycles. The van der Waals surface area contributed by atoms with Gasteiger partial charge < -0.3 is 5.32 Å². The van der Waals surface area contributed by atoms with Gasteiger partial charge in [-0.25, -0.2) is 8.42 Å². The Labute approximate surface area is 193 Å². The van der Waals surface area contributed by atoms with E-state index in [0.717, 1.165) is 28.2 Å². The van der Waals surface area contributed by atoms with E-state index in [1.54, 1.807) is 17.5 Å². The average molecular weight is 483 g/mol. The Kier molecular flexibility index (Phi) is 5.60. The summed E-state index contributed by atoms with van der Waals surface area (Å²) >= 11 is 2.39. The van der Waals surface area contributed by atoms with Crippen molar-refractivity contribution in [1.82, 2.24) is 13.9 Å². The van der Waals surface area contributed by atoms with E-state index in [4.69, 9.17) is 0 Å². The van der Waals surface area contributed by atoms with Crippen molar-refractivity contribution in [3.05, 3.63) is 81.4 Å². The summed E-state index contributed by atoms with van der Waals surface area (Å²) in [5.41, 5.74) is 4.40. The average Bonchev–Trinajstić information content (AvgIpc) is 3.52. The molecule has 0 fully saturated rings. The standard InChI is InChI=1S/C22H18N4O3S3/c27-22(23-18-7-5-16(6-8-18)19-14-31-25-24-19)21-20(10-12-30-21)32(28,29)26-11-9-15-3-1-2-4-17(15)13-26/h1-8,10,12,14H,9,11,13H2,(H,23,27). The number of hydrogen-bond donors (Lipinski definition) is 1. The third kappa shape index (κ3) is 3.97. The molecule has 3 heterocycles. The first kappa shape index (κ1) is 21.0. The van der Waals surface area contributed by atoms with E-state index >= 15 is 0 Å². The minimum absolute atomic E-state index is 0.0459. The van der Waals surface area contributed by atoms with Crippen LogP contribution in [0.15, 0.2) is 70.3 Å². The minimum atomic E-state index is -3.80. The summed E-state index contributed by atoms with van der Waals surface area (Å²) in [4.78, 5) is 13.2. The summed E-state index contributed by atoms with van der Waals surface area (Å²) in [6.45, 7) is 0.700. The smallest absolute Gasteiger partial charge is 0.267 e. The van der Waals surface area contributed by atoms with Crippen molar-refractivity contribution in [2.75, 3.05) is 11.9 Å². The number of carbonyl (C=O) groups is 1. The number of benzene rings is 2. The molecule has 4 aromatic rings. The van der Waals surface area contributed by atoms with Crippen LogP contribution in [0.3, 0.4) is 0 Å². The van der Waals surface area contributed by atoms with E-state index < -0.39 is 15.9 Å². The zero-order valence-corrected chi connectivity index (χ0v) is 19.2. The second-order valence-corrected chi connectivity index (χ2v) is 10.7. The van der Waals surface area contributed by atoms with E-state index in [1.165, 1.54) is 27.5 Å². The molecule has 1 amide bonds. The zero-order valence-electron chi connectivity index (χ0n) is 16.8. The van der Waals surface area contributed by atoms with Crippen molar-refractivity contribution in [3.63, 3.8) is 0 Å². The molecule has 32 heavy (non-hydrogen) atoms.